The average Bonchev–Trinajstić information content (AvgIpc) is 2.78. The third-order valence-electron chi connectivity index (χ3n) is 5.49. The van der Waals surface area contributed by atoms with Crippen LogP contribution in [0.2, 0.25) is 0 Å². The molecule has 0 unspecified atom stereocenters. The summed E-state index contributed by atoms with van der Waals surface area (Å²) < 4.78 is 5.19. The third kappa shape index (κ3) is 3.72. The molecule has 0 aromatic carbocycles. The van der Waals surface area contributed by atoms with Gasteiger partial charge in [-0.25, -0.2) is 9.97 Å². The number of carboxylic acid groups (broad SMARTS) is 1. The van der Waals surface area contributed by atoms with Gasteiger partial charge in [0, 0.05) is 44.2 Å². The highest BCUT2D eigenvalue weighted by Gasteiger charge is 2.42. The van der Waals surface area contributed by atoms with Gasteiger partial charge < -0.3 is 19.6 Å². The van der Waals surface area contributed by atoms with Gasteiger partial charge in [0.1, 0.15) is 18.7 Å². The number of hydrogen-bond donors (Lipinski definition) is 1. The van der Waals surface area contributed by atoms with Crippen molar-refractivity contribution in [3.8, 4) is 5.88 Å². The lowest BCUT2D eigenvalue weighted by molar-refractivity contribution is -0.144. The molecular formula is C17H25N5O4. The Bertz CT molecular complexity index is 685. The SMILES string of the molecule is COc1cc(N2CCN(C)[C@@]3(CCC(=O)N(CC(=O)O)CC3)C2)ncn1. The molecule has 3 heterocycles. The quantitative estimate of drug-likeness (QED) is 0.803. The van der Waals surface area contributed by atoms with Crippen molar-refractivity contribution in [1.29, 1.82) is 0 Å². The van der Waals surface area contributed by atoms with E-state index in [1.165, 1.54) is 11.2 Å². The summed E-state index contributed by atoms with van der Waals surface area (Å²) in [5.41, 5.74) is -0.181. The Kier molecular flexibility index (Phi) is 5.26. The molecule has 1 atom stereocenters. The lowest BCUT2D eigenvalue weighted by atomic mass is 9.86. The molecule has 0 bridgehead atoms. The Morgan fingerprint density at radius 2 is 2.12 bits per heavy atom. The first-order chi connectivity index (χ1) is 12.4. The van der Waals surface area contributed by atoms with Crippen LogP contribution in [0.4, 0.5) is 5.82 Å². The Morgan fingerprint density at radius 3 is 2.85 bits per heavy atom. The number of likely N-dealkylation sites (N-methyl/N-ethyl adjacent to an activating group) is 1. The zero-order valence-corrected chi connectivity index (χ0v) is 15.2. The van der Waals surface area contributed by atoms with Crippen LogP contribution in [0.5, 0.6) is 5.88 Å². The molecule has 0 aliphatic carbocycles. The minimum atomic E-state index is -0.971. The second kappa shape index (κ2) is 7.45. The standard InChI is InChI=1S/C17H25N5O4/c1-20-7-8-22(13-9-14(26-2)19-12-18-13)11-17(20)4-3-15(23)21(6-5-17)10-16(24)25/h9,12H,3-8,10-11H2,1-2H3,(H,24,25)/t17-/m1/s1. The molecule has 1 amide bonds. The van der Waals surface area contributed by atoms with Crippen LogP contribution in [0.3, 0.4) is 0 Å². The summed E-state index contributed by atoms with van der Waals surface area (Å²) in [5, 5.41) is 9.03. The number of piperazine rings is 1. The fourth-order valence-corrected chi connectivity index (χ4v) is 3.83. The van der Waals surface area contributed by atoms with Gasteiger partial charge >= 0.3 is 5.97 Å². The predicted octanol–water partition coefficient (Wildman–Crippen LogP) is 0.0729. The van der Waals surface area contributed by atoms with Crippen molar-refractivity contribution >= 4 is 17.7 Å². The Labute approximate surface area is 152 Å². The zero-order chi connectivity index (χ0) is 18.7. The number of amides is 1. The lowest BCUT2D eigenvalue weighted by Gasteiger charge is -2.49. The van der Waals surface area contributed by atoms with Gasteiger partial charge in [-0.3, -0.25) is 14.5 Å². The van der Waals surface area contributed by atoms with Gasteiger partial charge in [-0.05, 0) is 19.9 Å². The van der Waals surface area contributed by atoms with Gasteiger partial charge in [-0.2, -0.15) is 0 Å². The fourth-order valence-electron chi connectivity index (χ4n) is 3.83. The summed E-state index contributed by atoms with van der Waals surface area (Å²) in [4.78, 5) is 37.7. The fraction of sp³-hybridized carbons (Fsp3) is 0.647. The number of aromatic nitrogens is 2. The number of carbonyl (C=O) groups excluding carboxylic acids is 1. The van der Waals surface area contributed by atoms with E-state index in [2.05, 4.69) is 26.8 Å². The van der Waals surface area contributed by atoms with Gasteiger partial charge in [0.25, 0.3) is 0 Å². The molecule has 2 fully saturated rings. The van der Waals surface area contributed by atoms with Crippen LogP contribution in [0.15, 0.2) is 12.4 Å². The van der Waals surface area contributed by atoms with Crippen LogP contribution in [0.25, 0.3) is 0 Å². The number of anilines is 1. The first kappa shape index (κ1) is 18.4. The van der Waals surface area contributed by atoms with Crippen molar-refractivity contribution in [2.45, 2.75) is 24.8 Å². The molecule has 2 aliphatic heterocycles. The number of carbonyl (C=O) groups is 2. The van der Waals surface area contributed by atoms with Crippen molar-refractivity contribution in [1.82, 2.24) is 19.8 Å². The number of hydrogen-bond acceptors (Lipinski definition) is 7. The van der Waals surface area contributed by atoms with E-state index >= 15 is 0 Å². The van der Waals surface area contributed by atoms with Gasteiger partial charge in [-0.1, -0.05) is 0 Å². The van der Waals surface area contributed by atoms with Crippen LogP contribution < -0.4 is 9.64 Å². The predicted molar refractivity (Wildman–Crippen MR) is 94.2 cm³/mol. The monoisotopic (exact) mass is 363 g/mol. The Hall–Kier alpha value is -2.42. The van der Waals surface area contributed by atoms with Crippen molar-refractivity contribution in [3.63, 3.8) is 0 Å². The van der Waals surface area contributed by atoms with E-state index < -0.39 is 5.97 Å². The molecule has 142 valence electrons. The van der Waals surface area contributed by atoms with Crippen LogP contribution in [-0.4, -0.2) is 89.2 Å². The second-order valence-electron chi connectivity index (χ2n) is 6.95. The van der Waals surface area contributed by atoms with E-state index in [4.69, 9.17) is 9.84 Å². The number of rotatable bonds is 4. The molecule has 0 radical (unpaired) electrons. The maximum absolute atomic E-state index is 12.3. The number of aliphatic carboxylic acids is 1. The molecule has 1 aromatic heterocycles. The summed E-state index contributed by atoms with van der Waals surface area (Å²) in [6.07, 6.45) is 3.29. The highest BCUT2D eigenvalue weighted by Crippen LogP contribution is 2.33. The van der Waals surface area contributed by atoms with Crippen molar-refractivity contribution < 1.29 is 19.4 Å². The smallest absolute Gasteiger partial charge is 0.323 e. The molecular weight excluding hydrogens is 338 g/mol. The van der Waals surface area contributed by atoms with E-state index in [9.17, 15) is 9.59 Å². The first-order valence-electron chi connectivity index (χ1n) is 8.75. The van der Waals surface area contributed by atoms with Crippen molar-refractivity contribution in [2.24, 2.45) is 0 Å². The van der Waals surface area contributed by atoms with Crippen LogP contribution in [0, 0.1) is 0 Å². The molecule has 9 heteroatoms. The minimum absolute atomic E-state index is 0.0847. The lowest BCUT2D eigenvalue weighted by Crippen LogP contribution is -2.61. The van der Waals surface area contributed by atoms with Gasteiger partial charge in [0.05, 0.1) is 7.11 Å². The van der Waals surface area contributed by atoms with Crippen molar-refractivity contribution in [3.05, 3.63) is 12.4 Å². The van der Waals surface area contributed by atoms with Crippen LogP contribution in [0.1, 0.15) is 19.3 Å². The van der Waals surface area contributed by atoms with E-state index in [-0.39, 0.29) is 18.0 Å². The highest BCUT2D eigenvalue weighted by molar-refractivity contribution is 5.81. The average molecular weight is 363 g/mol. The van der Waals surface area contributed by atoms with E-state index in [0.29, 0.717) is 25.3 Å². The summed E-state index contributed by atoms with van der Waals surface area (Å²) >= 11 is 0. The topological polar surface area (TPSA) is 99.1 Å². The second-order valence-corrected chi connectivity index (χ2v) is 6.95. The number of ether oxygens (including phenoxy) is 1. The van der Waals surface area contributed by atoms with Gasteiger partial charge in [0.2, 0.25) is 11.8 Å². The Morgan fingerprint density at radius 1 is 1.31 bits per heavy atom. The summed E-state index contributed by atoms with van der Waals surface area (Å²) in [5.74, 6) is 0.272. The number of likely N-dealkylation sites (tertiary alicyclic amines) is 1. The molecule has 26 heavy (non-hydrogen) atoms. The molecule has 1 N–H and O–H groups in total. The van der Waals surface area contributed by atoms with Crippen molar-refractivity contribution in [2.75, 3.05) is 51.8 Å². The zero-order valence-electron chi connectivity index (χ0n) is 15.2. The maximum Gasteiger partial charge on any atom is 0.323 e. The minimum Gasteiger partial charge on any atom is -0.481 e. The summed E-state index contributed by atoms with van der Waals surface area (Å²) in [6, 6.07) is 1.82. The molecule has 2 saturated heterocycles. The maximum atomic E-state index is 12.3. The number of carboxylic acids is 1. The number of nitrogens with zero attached hydrogens (tertiary/aromatic N) is 5. The van der Waals surface area contributed by atoms with Crippen LogP contribution >= 0.6 is 0 Å². The van der Waals surface area contributed by atoms with E-state index in [0.717, 1.165) is 31.9 Å². The molecule has 3 rings (SSSR count). The molecule has 1 spiro atoms. The molecule has 1 aromatic rings. The largest absolute Gasteiger partial charge is 0.481 e. The number of methoxy groups -OCH3 is 1. The Balaban J connectivity index is 1.79. The molecule has 2 aliphatic rings. The first-order valence-corrected chi connectivity index (χ1v) is 8.75. The summed E-state index contributed by atoms with van der Waals surface area (Å²) in [6.45, 7) is 2.63. The van der Waals surface area contributed by atoms with Gasteiger partial charge in [-0.15, -0.1) is 0 Å². The highest BCUT2D eigenvalue weighted by atomic mass is 16.5. The van der Waals surface area contributed by atoms with Gasteiger partial charge in [0.15, 0.2) is 0 Å². The normalized spacial score (nSPS) is 24.6. The van der Waals surface area contributed by atoms with Crippen LogP contribution in [-0.2, 0) is 9.59 Å². The van der Waals surface area contributed by atoms with E-state index in [1.807, 2.05) is 6.07 Å². The molecule has 0 saturated carbocycles. The summed E-state index contributed by atoms with van der Waals surface area (Å²) in [7, 11) is 3.65. The van der Waals surface area contributed by atoms with E-state index in [1.54, 1.807) is 7.11 Å². The molecule has 9 nitrogen and oxygen atoms in total. The third-order valence-corrected chi connectivity index (χ3v) is 5.49.